The molecule has 0 radical (unpaired) electrons. The Morgan fingerprint density at radius 1 is 1.33 bits per heavy atom. The number of nitrogens with two attached hydrogens (primary N) is 1. The van der Waals surface area contributed by atoms with Crippen LogP contribution >= 0.6 is 0 Å². The van der Waals surface area contributed by atoms with Gasteiger partial charge in [0.2, 0.25) is 0 Å². The molecule has 0 aromatic carbocycles. The molecule has 0 spiro atoms. The first-order chi connectivity index (χ1) is 8.37. The van der Waals surface area contributed by atoms with Crippen molar-refractivity contribution in [2.24, 2.45) is 5.84 Å². The lowest BCUT2D eigenvalue weighted by atomic mass is 10.1. The van der Waals surface area contributed by atoms with Gasteiger partial charge in [0.05, 0.1) is 0 Å². The maximum Gasteiger partial charge on any atom is 0.411 e. The molecule has 0 fully saturated rings. The zero-order chi connectivity index (χ0) is 13.8. The van der Waals surface area contributed by atoms with E-state index in [4.69, 9.17) is 5.84 Å². The number of hydrogen-bond acceptors (Lipinski definition) is 5. The number of nitrogens with zero attached hydrogens (tertiary/aromatic N) is 2. The van der Waals surface area contributed by atoms with Crippen molar-refractivity contribution < 1.29 is 17.9 Å². The second-order valence-corrected chi connectivity index (χ2v) is 3.66. The summed E-state index contributed by atoms with van der Waals surface area (Å²) >= 11 is 0. The molecule has 1 aromatic rings. The van der Waals surface area contributed by atoms with E-state index in [9.17, 15) is 13.2 Å². The van der Waals surface area contributed by atoms with Crippen LogP contribution in [0.1, 0.15) is 24.0 Å². The van der Waals surface area contributed by atoms with Crippen LogP contribution in [-0.2, 0) is 17.8 Å². The van der Waals surface area contributed by atoms with E-state index in [2.05, 4.69) is 20.1 Å². The fraction of sp³-hybridized carbons (Fsp3) is 0.600. The highest BCUT2D eigenvalue weighted by Crippen LogP contribution is 2.18. The highest BCUT2D eigenvalue weighted by molar-refractivity contribution is 5.45. The molecule has 18 heavy (non-hydrogen) atoms. The number of rotatable bonds is 5. The largest absolute Gasteiger partial charge is 0.411 e. The van der Waals surface area contributed by atoms with Gasteiger partial charge in [0.1, 0.15) is 19.0 Å². The molecule has 5 nitrogen and oxygen atoms in total. The normalized spacial score (nSPS) is 11.7. The van der Waals surface area contributed by atoms with Crippen molar-refractivity contribution in [1.29, 1.82) is 0 Å². The first kappa shape index (κ1) is 14.7. The lowest BCUT2D eigenvalue weighted by molar-refractivity contribution is -0.177. The van der Waals surface area contributed by atoms with Gasteiger partial charge in [0, 0.05) is 11.3 Å². The Morgan fingerprint density at radius 3 is 2.50 bits per heavy atom. The van der Waals surface area contributed by atoms with Crippen molar-refractivity contribution in [3.8, 4) is 0 Å². The Morgan fingerprint density at radius 2 is 2.00 bits per heavy atom. The standard InChI is InChI=1S/C10H15F3N4O/c1-3-7-6(2)15-8(16-9(7)17-14)4-18-5-10(11,12)13/h3-5,14H2,1-2H3,(H,15,16,17). The molecular formula is C10H15F3N4O. The Hall–Kier alpha value is -1.41. The van der Waals surface area contributed by atoms with Crippen LogP contribution in [0.2, 0.25) is 0 Å². The maximum atomic E-state index is 11.9. The van der Waals surface area contributed by atoms with Crippen LogP contribution in [0.4, 0.5) is 19.0 Å². The van der Waals surface area contributed by atoms with E-state index in [1.54, 1.807) is 6.92 Å². The average molecular weight is 264 g/mol. The van der Waals surface area contributed by atoms with Crippen molar-refractivity contribution in [2.75, 3.05) is 12.0 Å². The monoisotopic (exact) mass is 264 g/mol. The number of nitrogens with one attached hydrogen (secondary N) is 1. The topological polar surface area (TPSA) is 73.1 Å². The van der Waals surface area contributed by atoms with Gasteiger partial charge in [-0.1, -0.05) is 6.92 Å². The fourth-order valence-electron chi connectivity index (χ4n) is 1.52. The molecule has 1 aromatic heterocycles. The Kier molecular flexibility index (Phi) is 4.85. The number of anilines is 1. The van der Waals surface area contributed by atoms with E-state index in [1.165, 1.54) is 0 Å². The zero-order valence-electron chi connectivity index (χ0n) is 10.1. The molecule has 8 heteroatoms. The van der Waals surface area contributed by atoms with E-state index in [0.29, 0.717) is 17.9 Å². The molecule has 0 amide bonds. The third-order valence-electron chi connectivity index (χ3n) is 2.25. The molecule has 0 aliphatic rings. The summed E-state index contributed by atoms with van der Waals surface area (Å²) in [6.45, 7) is 2.02. The first-order valence-corrected chi connectivity index (χ1v) is 5.35. The third kappa shape index (κ3) is 4.11. The van der Waals surface area contributed by atoms with Gasteiger partial charge in [0.15, 0.2) is 5.82 Å². The number of hydrogen-bond donors (Lipinski definition) is 2. The van der Waals surface area contributed by atoms with E-state index in [0.717, 1.165) is 5.56 Å². The molecule has 0 saturated heterocycles. The van der Waals surface area contributed by atoms with Crippen molar-refractivity contribution in [1.82, 2.24) is 9.97 Å². The predicted octanol–water partition coefficient (Wildman–Crippen LogP) is 1.71. The van der Waals surface area contributed by atoms with Crippen molar-refractivity contribution in [2.45, 2.75) is 33.1 Å². The zero-order valence-corrected chi connectivity index (χ0v) is 10.1. The molecule has 0 atom stereocenters. The molecule has 3 N–H and O–H groups in total. The quantitative estimate of drug-likeness (QED) is 0.625. The van der Waals surface area contributed by atoms with E-state index in [-0.39, 0.29) is 12.4 Å². The number of ether oxygens (including phenoxy) is 1. The minimum Gasteiger partial charge on any atom is -0.364 e. The highest BCUT2D eigenvalue weighted by Gasteiger charge is 2.27. The number of hydrazine groups is 1. The van der Waals surface area contributed by atoms with Crippen LogP contribution in [0.25, 0.3) is 0 Å². The maximum absolute atomic E-state index is 11.9. The fourth-order valence-corrected chi connectivity index (χ4v) is 1.52. The van der Waals surface area contributed by atoms with Gasteiger partial charge < -0.3 is 10.2 Å². The molecule has 0 bridgehead atoms. The minimum absolute atomic E-state index is 0.168. The summed E-state index contributed by atoms with van der Waals surface area (Å²) in [6, 6.07) is 0. The van der Waals surface area contributed by atoms with Crippen molar-refractivity contribution in [3.05, 3.63) is 17.1 Å². The molecule has 0 aliphatic carbocycles. The van der Waals surface area contributed by atoms with Gasteiger partial charge in [-0.15, -0.1) is 0 Å². The Labute approximate surface area is 103 Å². The van der Waals surface area contributed by atoms with Gasteiger partial charge in [-0.25, -0.2) is 15.8 Å². The second-order valence-electron chi connectivity index (χ2n) is 3.66. The molecule has 1 rings (SSSR count). The highest BCUT2D eigenvalue weighted by atomic mass is 19.4. The minimum atomic E-state index is -4.35. The molecule has 0 saturated carbocycles. The van der Waals surface area contributed by atoms with Gasteiger partial charge in [-0.05, 0) is 13.3 Å². The predicted molar refractivity (Wildman–Crippen MR) is 59.7 cm³/mol. The lowest BCUT2D eigenvalue weighted by Crippen LogP contribution is -2.18. The van der Waals surface area contributed by atoms with Crippen LogP contribution in [-0.4, -0.2) is 22.8 Å². The van der Waals surface area contributed by atoms with Crippen LogP contribution < -0.4 is 11.3 Å². The van der Waals surface area contributed by atoms with Crippen LogP contribution in [0, 0.1) is 6.92 Å². The van der Waals surface area contributed by atoms with Crippen LogP contribution in [0.15, 0.2) is 0 Å². The molecule has 1 heterocycles. The Bertz CT molecular complexity index is 409. The second kappa shape index (κ2) is 5.96. The first-order valence-electron chi connectivity index (χ1n) is 5.35. The van der Waals surface area contributed by atoms with Gasteiger partial charge in [0.25, 0.3) is 0 Å². The summed E-state index contributed by atoms with van der Waals surface area (Å²) in [5.74, 6) is 5.88. The Balaban J connectivity index is 2.76. The number of alkyl halides is 3. The molecule has 102 valence electrons. The van der Waals surface area contributed by atoms with Gasteiger partial charge in [-0.2, -0.15) is 13.2 Å². The summed E-state index contributed by atoms with van der Waals surface area (Å²) in [4.78, 5) is 8.08. The molecule has 0 aliphatic heterocycles. The summed E-state index contributed by atoms with van der Waals surface area (Å²) in [7, 11) is 0. The van der Waals surface area contributed by atoms with Crippen LogP contribution in [0.3, 0.4) is 0 Å². The van der Waals surface area contributed by atoms with Gasteiger partial charge >= 0.3 is 6.18 Å². The summed E-state index contributed by atoms with van der Waals surface area (Å²) < 4.78 is 40.2. The molecular weight excluding hydrogens is 249 g/mol. The third-order valence-corrected chi connectivity index (χ3v) is 2.25. The molecule has 0 unspecified atom stereocenters. The average Bonchev–Trinajstić information content (AvgIpc) is 2.26. The summed E-state index contributed by atoms with van der Waals surface area (Å²) in [6.07, 6.45) is -3.68. The van der Waals surface area contributed by atoms with Crippen molar-refractivity contribution in [3.63, 3.8) is 0 Å². The van der Waals surface area contributed by atoms with Gasteiger partial charge in [-0.3, -0.25) is 0 Å². The smallest absolute Gasteiger partial charge is 0.364 e. The number of aryl methyl sites for hydroxylation is 1. The van der Waals surface area contributed by atoms with E-state index in [1.807, 2.05) is 6.92 Å². The van der Waals surface area contributed by atoms with Crippen LogP contribution in [0.5, 0.6) is 0 Å². The number of halogens is 3. The van der Waals surface area contributed by atoms with E-state index >= 15 is 0 Å². The summed E-state index contributed by atoms with van der Waals surface area (Å²) in [5, 5.41) is 0. The number of nitrogen functional groups attached to an aromatic ring is 1. The summed E-state index contributed by atoms with van der Waals surface area (Å²) in [5.41, 5.74) is 3.91. The van der Waals surface area contributed by atoms with Crippen molar-refractivity contribution >= 4 is 5.82 Å². The lowest BCUT2D eigenvalue weighted by Gasteiger charge is -2.12. The SMILES string of the molecule is CCc1c(C)nc(COCC(F)(F)F)nc1NN. The van der Waals surface area contributed by atoms with E-state index < -0.39 is 12.8 Å². The number of aromatic nitrogens is 2.